The van der Waals surface area contributed by atoms with Crippen LogP contribution in [0.2, 0.25) is 5.02 Å². The van der Waals surface area contributed by atoms with Crippen LogP contribution in [0.1, 0.15) is 11.1 Å². The molecule has 0 radical (unpaired) electrons. The van der Waals surface area contributed by atoms with Gasteiger partial charge in [0, 0.05) is 16.8 Å². The lowest BCUT2D eigenvalue weighted by molar-refractivity contribution is -0.118. The van der Waals surface area contributed by atoms with Crippen molar-refractivity contribution < 1.29 is 18.7 Å². The van der Waals surface area contributed by atoms with Gasteiger partial charge in [0.25, 0.3) is 5.91 Å². The van der Waals surface area contributed by atoms with Gasteiger partial charge in [-0.05, 0) is 67.4 Å². The quantitative estimate of drug-likeness (QED) is 0.447. The number of fused-ring (bicyclic) bond motifs is 1. The lowest BCUT2D eigenvalue weighted by atomic mass is 10.1. The van der Waals surface area contributed by atoms with Crippen LogP contribution in [0.4, 0.5) is 5.69 Å². The van der Waals surface area contributed by atoms with Crippen LogP contribution in [0.5, 0.6) is 11.5 Å². The maximum atomic E-state index is 12.5. The highest BCUT2D eigenvalue weighted by atomic mass is 35.5. The van der Waals surface area contributed by atoms with E-state index in [1.165, 1.54) is 7.11 Å². The Balaban J connectivity index is 1.51. The van der Waals surface area contributed by atoms with Crippen LogP contribution in [-0.2, 0) is 4.79 Å². The van der Waals surface area contributed by atoms with E-state index in [2.05, 4.69) is 15.3 Å². The van der Waals surface area contributed by atoms with Crippen molar-refractivity contribution in [1.82, 2.24) is 9.97 Å². The molecule has 31 heavy (non-hydrogen) atoms. The number of benzene rings is 2. The molecule has 1 amide bonds. The second-order valence-electron chi connectivity index (χ2n) is 6.97. The Morgan fingerprint density at radius 2 is 1.94 bits per heavy atom. The summed E-state index contributed by atoms with van der Waals surface area (Å²) >= 11 is 6.18. The second-order valence-corrected chi connectivity index (χ2v) is 7.35. The third-order valence-electron chi connectivity index (χ3n) is 4.67. The summed E-state index contributed by atoms with van der Waals surface area (Å²) in [6.07, 6.45) is 1.65. The molecular formula is C23H20ClN3O4. The molecule has 0 aliphatic rings. The number of pyridine rings is 1. The lowest BCUT2D eigenvalue weighted by Crippen LogP contribution is -2.20. The SMILES string of the molecule is COc1ccc(-c2nc3ncccc3o2)cc1NC(=O)COc1cc(C)c(Cl)c(C)c1. The molecule has 0 spiro atoms. The summed E-state index contributed by atoms with van der Waals surface area (Å²) in [6, 6.07) is 12.4. The van der Waals surface area contributed by atoms with Crippen molar-refractivity contribution >= 4 is 34.4 Å². The average molecular weight is 438 g/mol. The number of hydrogen-bond donors (Lipinski definition) is 1. The number of ether oxygens (including phenoxy) is 2. The standard InChI is InChI=1S/C23H20ClN3O4/c1-13-9-16(10-14(2)21(13)24)30-12-20(28)26-17-11-15(6-7-18(17)29-3)23-27-22-19(31-23)5-4-8-25-22/h4-11H,12H2,1-3H3,(H,26,28). The van der Waals surface area contributed by atoms with Gasteiger partial charge < -0.3 is 19.2 Å². The number of aryl methyl sites for hydroxylation is 2. The van der Waals surface area contributed by atoms with Crippen molar-refractivity contribution in [3.63, 3.8) is 0 Å². The van der Waals surface area contributed by atoms with E-state index >= 15 is 0 Å². The van der Waals surface area contributed by atoms with Crippen LogP contribution in [0.3, 0.4) is 0 Å². The number of nitrogens with one attached hydrogen (secondary N) is 1. The molecule has 0 aliphatic carbocycles. The van der Waals surface area contributed by atoms with Gasteiger partial charge in [0.2, 0.25) is 5.89 Å². The summed E-state index contributed by atoms with van der Waals surface area (Å²) in [5, 5.41) is 3.50. The van der Waals surface area contributed by atoms with E-state index in [1.807, 2.05) is 13.8 Å². The van der Waals surface area contributed by atoms with E-state index in [1.54, 1.807) is 48.7 Å². The van der Waals surface area contributed by atoms with Crippen molar-refractivity contribution in [2.24, 2.45) is 0 Å². The van der Waals surface area contributed by atoms with E-state index in [-0.39, 0.29) is 12.5 Å². The molecule has 4 rings (SSSR count). The minimum Gasteiger partial charge on any atom is -0.495 e. The monoisotopic (exact) mass is 437 g/mol. The van der Waals surface area contributed by atoms with Crippen LogP contribution in [0.25, 0.3) is 22.7 Å². The van der Waals surface area contributed by atoms with Gasteiger partial charge >= 0.3 is 0 Å². The number of carbonyl (C=O) groups excluding carboxylic acids is 1. The fourth-order valence-electron chi connectivity index (χ4n) is 3.16. The average Bonchev–Trinajstić information content (AvgIpc) is 3.20. The van der Waals surface area contributed by atoms with Crippen molar-refractivity contribution in [2.75, 3.05) is 19.0 Å². The largest absolute Gasteiger partial charge is 0.495 e. The number of nitrogens with zero attached hydrogens (tertiary/aromatic N) is 2. The van der Waals surface area contributed by atoms with Crippen molar-refractivity contribution in [3.05, 3.63) is 64.8 Å². The van der Waals surface area contributed by atoms with Crippen molar-refractivity contribution in [3.8, 4) is 23.0 Å². The molecule has 8 heteroatoms. The third kappa shape index (κ3) is 4.46. The number of oxazole rings is 1. The van der Waals surface area contributed by atoms with Gasteiger partial charge in [0.15, 0.2) is 17.8 Å². The zero-order chi connectivity index (χ0) is 22.0. The molecule has 0 aliphatic heterocycles. The molecule has 2 aromatic heterocycles. The van der Waals surface area contributed by atoms with E-state index in [0.29, 0.717) is 44.9 Å². The van der Waals surface area contributed by atoms with E-state index in [4.69, 9.17) is 25.5 Å². The Hall–Kier alpha value is -3.58. The predicted octanol–water partition coefficient (Wildman–Crippen LogP) is 5.19. The summed E-state index contributed by atoms with van der Waals surface area (Å²) < 4.78 is 16.8. The topological polar surface area (TPSA) is 86.5 Å². The molecule has 4 aromatic rings. The summed E-state index contributed by atoms with van der Waals surface area (Å²) in [7, 11) is 1.53. The molecule has 0 saturated heterocycles. The molecule has 7 nitrogen and oxygen atoms in total. The van der Waals surface area contributed by atoms with E-state index < -0.39 is 0 Å². The van der Waals surface area contributed by atoms with Crippen molar-refractivity contribution in [1.29, 1.82) is 0 Å². The molecule has 158 valence electrons. The molecule has 0 unspecified atom stereocenters. The zero-order valence-corrected chi connectivity index (χ0v) is 18.0. The van der Waals surface area contributed by atoms with E-state index in [9.17, 15) is 4.79 Å². The maximum absolute atomic E-state index is 12.5. The van der Waals surface area contributed by atoms with Gasteiger partial charge in [0.1, 0.15) is 11.5 Å². The number of methoxy groups -OCH3 is 1. The van der Waals surface area contributed by atoms with Crippen LogP contribution in [0.15, 0.2) is 53.1 Å². The normalized spacial score (nSPS) is 10.8. The summed E-state index contributed by atoms with van der Waals surface area (Å²) in [6.45, 7) is 3.61. The van der Waals surface area contributed by atoms with Crippen LogP contribution in [0, 0.1) is 13.8 Å². The fourth-order valence-corrected chi connectivity index (χ4v) is 3.26. The Bertz CT molecular complexity index is 1210. The van der Waals surface area contributed by atoms with Gasteiger partial charge in [-0.3, -0.25) is 4.79 Å². The highest BCUT2D eigenvalue weighted by Crippen LogP contribution is 2.32. The smallest absolute Gasteiger partial charge is 0.262 e. The third-order valence-corrected chi connectivity index (χ3v) is 5.26. The van der Waals surface area contributed by atoms with Gasteiger partial charge in [-0.2, -0.15) is 4.98 Å². The molecule has 1 N–H and O–H groups in total. The first-order valence-electron chi connectivity index (χ1n) is 9.54. The van der Waals surface area contributed by atoms with Gasteiger partial charge in [0.05, 0.1) is 12.8 Å². The number of amides is 1. The van der Waals surface area contributed by atoms with Crippen LogP contribution >= 0.6 is 11.6 Å². The van der Waals surface area contributed by atoms with Gasteiger partial charge in [-0.15, -0.1) is 0 Å². The number of halogens is 1. The number of anilines is 1. The molecule has 0 saturated carbocycles. The Morgan fingerprint density at radius 3 is 2.65 bits per heavy atom. The number of rotatable bonds is 6. The molecular weight excluding hydrogens is 418 g/mol. The number of hydrogen-bond acceptors (Lipinski definition) is 6. The Labute approximate surface area is 184 Å². The minimum atomic E-state index is -0.333. The molecule has 2 aromatic carbocycles. The predicted molar refractivity (Wildman–Crippen MR) is 119 cm³/mol. The van der Waals surface area contributed by atoms with E-state index in [0.717, 1.165) is 11.1 Å². The molecule has 2 heterocycles. The minimum absolute atomic E-state index is 0.166. The van der Waals surface area contributed by atoms with Gasteiger partial charge in [-0.25, -0.2) is 4.98 Å². The summed E-state index contributed by atoms with van der Waals surface area (Å²) in [4.78, 5) is 21.1. The maximum Gasteiger partial charge on any atom is 0.262 e. The first kappa shape index (κ1) is 20.7. The molecule has 0 bridgehead atoms. The van der Waals surface area contributed by atoms with Crippen LogP contribution in [-0.4, -0.2) is 29.6 Å². The molecule has 0 fully saturated rings. The Morgan fingerprint density at radius 1 is 1.16 bits per heavy atom. The number of aromatic nitrogens is 2. The fraction of sp³-hybridized carbons (Fsp3) is 0.174. The first-order chi connectivity index (χ1) is 14.9. The highest BCUT2D eigenvalue weighted by molar-refractivity contribution is 6.32. The Kier molecular flexibility index (Phi) is 5.77. The van der Waals surface area contributed by atoms with Crippen molar-refractivity contribution in [2.45, 2.75) is 13.8 Å². The highest BCUT2D eigenvalue weighted by Gasteiger charge is 2.14. The van der Waals surface area contributed by atoms with Crippen LogP contribution < -0.4 is 14.8 Å². The first-order valence-corrected chi connectivity index (χ1v) is 9.92. The van der Waals surface area contributed by atoms with Gasteiger partial charge in [-0.1, -0.05) is 11.6 Å². The zero-order valence-electron chi connectivity index (χ0n) is 17.2. The number of carbonyl (C=O) groups is 1. The summed E-state index contributed by atoms with van der Waals surface area (Å²) in [5.41, 5.74) is 4.03. The summed E-state index contributed by atoms with van der Waals surface area (Å²) in [5.74, 6) is 1.15. The lowest BCUT2D eigenvalue weighted by Gasteiger charge is -2.13. The second kappa shape index (κ2) is 8.65. The molecule has 0 atom stereocenters.